The Balaban J connectivity index is 1.90. The van der Waals surface area contributed by atoms with Crippen LogP contribution in [-0.2, 0) is 6.18 Å². The van der Waals surface area contributed by atoms with E-state index in [9.17, 15) is 27.8 Å². The van der Waals surface area contributed by atoms with Crippen LogP contribution in [0.3, 0.4) is 0 Å². The van der Waals surface area contributed by atoms with Crippen molar-refractivity contribution in [3.05, 3.63) is 72.2 Å². The van der Waals surface area contributed by atoms with Gasteiger partial charge >= 0.3 is 6.18 Å². The van der Waals surface area contributed by atoms with Crippen LogP contribution in [0.5, 0.6) is 11.5 Å². The van der Waals surface area contributed by atoms with Crippen LogP contribution < -0.4 is 0 Å². The van der Waals surface area contributed by atoms with E-state index in [0.29, 0.717) is 5.56 Å². The van der Waals surface area contributed by atoms with Gasteiger partial charge in [0, 0.05) is 11.5 Å². The third kappa shape index (κ3) is 2.83. The van der Waals surface area contributed by atoms with Gasteiger partial charge in [0.2, 0.25) is 0 Å². The van der Waals surface area contributed by atoms with Gasteiger partial charge in [-0.3, -0.25) is 0 Å². The predicted octanol–water partition coefficient (Wildman–Crippen LogP) is 5.26. The molecule has 4 nitrogen and oxygen atoms in total. The molecule has 0 atom stereocenters. The second-order valence-electron chi connectivity index (χ2n) is 6.14. The second-order valence-corrected chi connectivity index (χ2v) is 6.14. The van der Waals surface area contributed by atoms with Crippen molar-refractivity contribution in [1.29, 1.82) is 0 Å². The third-order valence-corrected chi connectivity index (χ3v) is 4.39. The van der Waals surface area contributed by atoms with E-state index in [1.807, 2.05) is 30.3 Å². The van der Waals surface area contributed by atoms with Crippen LogP contribution in [0.1, 0.15) is 5.56 Å². The molecule has 0 radical (unpaired) electrons. The lowest BCUT2D eigenvalue weighted by Crippen LogP contribution is -2.09. The Kier molecular flexibility index (Phi) is 3.99. The molecule has 0 aliphatic rings. The van der Waals surface area contributed by atoms with Gasteiger partial charge in [0.25, 0.3) is 0 Å². The molecule has 0 amide bonds. The number of phenolic OH excluding ortho intramolecular Hbond substituents is 2. The van der Waals surface area contributed by atoms with E-state index in [2.05, 4.69) is 5.10 Å². The van der Waals surface area contributed by atoms with E-state index in [4.69, 9.17) is 0 Å². The van der Waals surface area contributed by atoms with E-state index in [1.54, 1.807) is 6.07 Å². The molecular formula is C20H12F4N2O2. The van der Waals surface area contributed by atoms with Gasteiger partial charge in [-0.25, -0.2) is 9.07 Å². The molecule has 8 heteroatoms. The zero-order chi connectivity index (χ0) is 20.1. The van der Waals surface area contributed by atoms with Crippen LogP contribution in [0, 0.1) is 5.82 Å². The van der Waals surface area contributed by atoms with Gasteiger partial charge in [-0.1, -0.05) is 36.4 Å². The summed E-state index contributed by atoms with van der Waals surface area (Å²) in [6.45, 7) is 0. The number of aromatic nitrogens is 2. The minimum atomic E-state index is -5.02. The lowest BCUT2D eigenvalue weighted by molar-refractivity contribution is -0.138. The Labute approximate surface area is 155 Å². The standard InChI is InChI=1S/C20H12F4N2O2/c21-19-17(28)9-15-13(18(19)20(22,23)24)10-25-26(15)14-7-6-12(8-16(14)27)11-4-2-1-3-5-11/h1-10,27-28H. The quantitative estimate of drug-likeness (QED) is 0.461. The van der Waals surface area contributed by atoms with Crippen molar-refractivity contribution < 1.29 is 27.8 Å². The first-order chi connectivity index (χ1) is 13.3. The third-order valence-electron chi connectivity index (χ3n) is 4.39. The molecule has 0 fully saturated rings. The smallest absolute Gasteiger partial charge is 0.420 e. The van der Waals surface area contributed by atoms with Crippen molar-refractivity contribution >= 4 is 10.9 Å². The molecule has 0 saturated heterocycles. The van der Waals surface area contributed by atoms with Gasteiger partial charge in [0.1, 0.15) is 17.0 Å². The Hall–Kier alpha value is -3.55. The number of aromatic hydroxyl groups is 2. The fourth-order valence-electron chi connectivity index (χ4n) is 3.11. The normalized spacial score (nSPS) is 11.9. The summed E-state index contributed by atoms with van der Waals surface area (Å²) >= 11 is 0. The summed E-state index contributed by atoms with van der Waals surface area (Å²) in [6, 6.07) is 14.6. The molecule has 3 aromatic carbocycles. The minimum Gasteiger partial charge on any atom is -0.506 e. The maximum Gasteiger partial charge on any atom is 0.420 e. The zero-order valence-corrected chi connectivity index (χ0v) is 14.1. The fraction of sp³-hybridized carbons (Fsp3) is 0.0500. The Morgan fingerprint density at radius 2 is 1.57 bits per heavy atom. The van der Waals surface area contributed by atoms with Gasteiger partial charge in [0.05, 0.1) is 11.7 Å². The molecule has 2 N–H and O–H groups in total. The first-order valence-corrected chi connectivity index (χ1v) is 8.12. The topological polar surface area (TPSA) is 58.3 Å². The number of benzene rings is 3. The molecule has 4 aromatic rings. The molecule has 0 aliphatic carbocycles. The number of fused-ring (bicyclic) bond motifs is 1. The van der Waals surface area contributed by atoms with Crippen LogP contribution in [0.4, 0.5) is 17.6 Å². The minimum absolute atomic E-state index is 0.0915. The predicted molar refractivity (Wildman–Crippen MR) is 94.8 cm³/mol. The highest BCUT2D eigenvalue weighted by atomic mass is 19.4. The largest absolute Gasteiger partial charge is 0.506 e. The number of nitrogens with zero attached hydrogens (tertiary/aromatic N) is 2. The number of phenols is 2. The van der Waals surface area contributed by atoms with Gasteiger partial charge in [-0.2, -0.15) is 18.3 Å². The number of hydrogen-bond acceptors (Lipinski definition) is 3. The van der Waals surface area contributed by atoms with Crippen molar-refractivity contribution in [3.63, 3.8) is 0 Å². The lowest BCUT2D eigenvalue weighted by Gasteiger charge is -2.12. The summed E-state index contributed by atoms with van der Waals surface area (Å²) in [5, 5.41) is 23.4. The highest BCUT2D eigenvalue weighted by Crippen LogP contribution is 2.41. The summed E-state index contributed by atoms with van der Waals surface area (Å²) in [6.07, 6.45) is -4.17. The monoisotopic (exact) mass is 388 g/mol. The summed E-state index contributed by atoms with van der Waals surface area (Å²) in [7, 11) is 0. The first-order valence-electron chi connectivity index (χ1n) is 8.12. The molecule has 1 aromatic heterocycles. The molecule has 0 unspecified atom stereocenters. The SMILES string of the molecule is Oc1cc(-c2ccccc2)ccc1-n1ncc2c(C(F)(F)F)c(F)c(O)cc21. The van der Waals surface area contributed by atoms with E-state index in [0.717, 1.165) is 22.5 Å². The molecule has 28 heavy (non-hydrogen) atoms. The second kappa shape index (κ2) is 6.26. The fourth-order valence-corrected chi connectivity index (χ4v) is 3.11. The molecular weight excluding hydrogens is 376 g/mol. The van der Waals surface area contributed by atoms with E-state index in [-0.39, 0.29) is 17.0 Å². The average Bonchev–Trinajstić information content (AvgIpc) is 3.04. The number of halogens is 4. The Morgan fingerprint density at radius 3 is 2.21 bits per heavy atom. The summed E-state index contributed by atoms with van der Waals surface area (Å²) in [5.74, 6) is -3.14. The van der Waals surface area contributed by atoms with Gasteiger partial charge in [-0.15, -0.1) is 0 Å². The van der Waals surface area contributed by atoms with E-state index >= 15 is 0 Å². The van der Waals surface area contributed by atoms with Crippen molar-refractivity contribution in [1.82, 2.24) is 9.78 Å². The molecule has 1 heterocycles. The number of hydrogen-bond donors (Lipinski definition) is 2. The molecule has 0 spiro atoms. The van der Waals surface area contributed by atoms with Gasteiger partial charge in [0.15, 0.2) is 11.6 Å². The van der Waals surface area contributed by atoms with Crippen LogP contribution in [-0.4, -0.2) is 20.0 Å². The van der Waals surface area contributed by atoms with Crippen molar-refractivity contribution in [2.24, 2.45) is 0 Å². The Morgan fingerprint density at radius 1 is 0.857 bits per heavy atom. The van der Waals surface area contributed by atoms with Crippen molar-refractivity contribution in [2.45, 2.75) is 6.18 Å². The highest BCUT2D eigenvalue weighted by molar-refractivity contribution is 5.86. The van der Waals surface area contributed by atoms with Crippen LogP contribution >= 0.6 is 0 Å². The molecule has 0 aliphatic heterocycles. The van der Waals surface area contributed by atoms with Crippen LogP contribution in [0.25, 0.3) is 27.7 Å². The van der Waals surface area contributed by atoms with E-state index < -0.39 is 28.7 Å². The van der Waals surface area contributed by atoms with Crippen molar-refractivity contribution in [3.8, 4) is 28.3 Å². The summed E-state index contributed by atoms with van der Waals surface area (Å²) in [4.78, 5) is 0. The van der Waals surface area contributed by atoms with Gasteiger partial charge in [-0.05, 0) is 23.3 Å². The summed E-state index contributed by atoms with van der Waals surface area (Å²) in [5.41, 5.74) is -0.158. The van der Waals surface area contributed by atoms with Crippen LogP contribution in [0.15, 0.2) is 60.8 Å². The average molecular weight is 388 g/mol. The van der Waals surface area contributed by atoms with Gasteiger partial charge < -0.3 is 10.2 Å². The van der Waals surface area contributed by atoms with Crippen LogP contribution in [0.2, 0.25) is 0 Å². The van der Waals surface area contributed by atoms with Crippen molar-refractivity contribution in [2.75, 3.05) is 0 Å². The number of alkyl halides is 3. The van der Waals surface area contributed by atoms with E-state index in [1.165, 1.54) is 12.1 Å². The molecule has 4 rings (SSSR count). The number of rotatable bonds is 2. The maximum absolute atomic E-state index is 13.9. The maximum atomic E-state index is 13.9. The molecule has 142 valence electrons. The lowest BCUT2D eigenvalue weighted by atomic mass is 10.0. The molecule has 0 saturated carbocycles. The first kappa shape index (κ1) is 17.8. The summed E-state index contributed by atoms with van der Waals surface area (Å²) < 4.78 is 54.7. The molecule has 0 bridgehead atoms. The Bertz CT molecular complexity index is 1180. The zero-order valence-electron chi connectivity index (χ0n) is 14.1. The highest BCUT2D eigenvalue weighted by Gasteiger charge is 2.38.